The lowest BCUT2D eigenvalue weighted by Crippen LogP contribution is -2.08. The SMILES string of the molecule is COc1c(C=O)ccc(OC(F)F)c1OCC1CC1. The van der Waals surface area contributed by atoms with E-state index >= 15 is 0 Å². The number of rotatable bonds is 7. The number of aldehydes is 1. The van der Waals surface area contributed by atoms with Gasteiger partial charge in [0.2, 0.25) is 5.75 Å². The first kappa shape index (κ1) is 13.6. The number of hydrogen-bond donors (Lipinski definition) is 0. The van der Waals surface area contributed by atoms with E-state index < -0.39 is 6.61 Å². The molecule has 4 nitrogen and oxygen atoms in total. The van der Waals surface area contributed by atoms with Gasteiger partial charge < -0.3 is 14.2 Å². The molecule has 0 spiro atoms. The van der Waals surface area contributed by atoms with Crippen molar-refractivity contribution in [3.8, 4) is 17.2 Å². The van der Waals surface area contributed by atoms with Crippen LogP contribution in [0.5, 0.6) is 17.2 Å². The van der Waals surface area contributed by atoms with Gasteiger partial charge in [-0.2, -0.15) is 8.78 Å². The van der Waals surface area contributed by atoms with Crippen LogP contribution in [0.2, 0.25) is 0 Å². The first-order valence-electron chi connectivity index (χ1n) is 5.89. The van der Waals surface area contributed by atoms with Crippen LogP contribution < -0.4 is 14.2 Å². The van der Waals surface area contributed by atoms with Gasteiger partial charge in [-0.1, -0.05) is 0 Å². The van der Waals surface area contributed by atoms with Crippen molar-refractivity contribution in [3.63, 3.8) is 0 Å². The van der Waals surface area contributed by atoms with Crippen LogP contribution in [0.1, 0.15) is 23.2 Å². The monoisotopic (exact) mass is 272 g/mol. The highest BCUT2D eigenvalue weighted by Crippen LogP contribution is 2.41. The van der Waals surface area contributed by atoms with Crippen LogP contribution in [0, 0.1) is 5.92 Å². The molecule has 0 heterocycles. The summed E-state index contributed by atoms with van der Waals surface area (Å²) in [5, 5.41) is 0. The second kappa shape index (κ2) is 5.86. The van der Waals surface area contributed by atoms with E-state index in [0.717, 1.165) is 12.8 Å². The maximum atomic E-state index is 12.3. The molecule has 0 aromatic heterocycles. The van der Waals surface area contributed by atoms with Crippen molar-refractivity contribution in [2.75, 3.05) is 13.7 Å². The first-order valence-corrected chi connectivity index (χ1v) is 5.89. The lowest BCUT2D eigenvalue weighted by Gasteiger charge is -2.16. The number of halogens is 2. The number of benzene rings is 1. The highest BCUT2D eigenvalue weighted by atomic mass is 19.3. The number of carbonyl (C=O) groups is 1. The van der Waals surface area contributed by atoms with Crippen LogP contribution in [0.25, 0.3) is 0 Å². The summed E-state index contributed by atoms with van der Waals surface area (Å²) in [6.45, 7) is -2.56. The Kier molecular flexibility index (Phi) is 4.19. The van der Waals surface area contributed by atoms with E-state index in [1.807, 2.05) is 0 Å². The van der Waals surface area contributed by atoms with Crippen molar-refractivity contribution in [3.05, 3.63) is 17.7 Å². The minimum absolute atomic E-state index is 0.0549. The summed E-state index contributed by atoms with van der Waals surface area (Å²) in [6.07, 6.45) is 2.69. The number of hydrogen-bond acceptors (Lipinski definition) is 4. The van der Waals surface area contributed by atoms with Gasteiger partial charge in [0, 0.05) is 0 Å². The summed E-state index contributed by atoms with van der Waals surface area (Å²) in [5.41, 5.74) is 0.231. The molecule has 6 heteroatoms. The van der Waals surface area contributed by atoms with Crippen LogP contribution in [-0.4, -0.2) is 26.6 Å². The standard InChI is InChI=1S/C13H14F2O4/c1-17-11-9(6-16)4-5-10(19-13(14)15)12(11)18-7-8-2-3-8/h4-6,8,13H,2-3,7H2,1H3. The molecule has 104 valence electrons. The Balaban J connectivity index is 2.31. The van der Waals surface area contributed by atoms with E-state index in [-0.39, 0.29) is 22.8 Å². The molecule has 0 N–H and O–H groups in total. The van der Waals surface area contributed by atoms with E-state index in [1.165, 1.54) is 19.2 Å². The average Bonchev–Trinajstić information content (AvgIpc) is 3.20. The Hall–Kier alpha value is -1.85. The van der Waals surface area contributed by atoms with Gasteiger partial charge in [0.05, 0.1) is 19.3 Å². The third-order valence-corrected chi connectivity index (χ3v) is 2.81. The van der Waals surface area contributed by atoms with Gasteiger partial charge in [-0.25, -0.2) is 0 Å². The van der Waals surface area contributed by atoms with Crippen molar-refractivity contribution in [1.82, 2.24) is 0 Å². The number of alkyl halides is 2. The first-order chi connectivity index (χ1) is 9.15. The summed E-state index contributed by atoms with van der Waals surface area (Å²) in [7, 11) is 1.35. The van der Waals surface area contributed by atoms with Gasteiger partial charge in [0.1, 0.15) is 0 Å². The predicted octanol–water partition coefficient (Wildman–Crippen LogP) is 2.90. The largest absolute Gasteiger partial charge is 0.492 e. The third kappa shape index (κ3) is 3.33. The minimum Gasteiger partial charge on any atom is -0.492 e. The van der Waals surface area contributed by atoms with Gasteiger partial charge in [-0.05, 0) is 30.9 Å². The molecular weight excluding hydrogens is 258 g/mol. The lowest BCUT2D eigenvalue weighted by atomic mass is 10.2. The van der Waals surface area contributed by atoms with Crippen molar-refractivity contribution in [1.29, 1.82) is 0 Å². The topological polar surface area (TPSA) is 44.8 Å². The molecule has 1 aromatic rings. The van der Waals surface area contributed by atoms with E-state index in [0.29, 0.717) is 18.8 Å². The molecule has 1 saturated carbocycles. The Morgan fingerprint density at radius 1 is 1.37 bits per heavy atom. The van der Waals surface area contributed by atoms with Gasteiger partial charge in [0.25, 0.3) is 0 Å². The molecule has 1 aliphatic carbocycles. The molecule has 0 radical (unpaired) electrons. The van der Waals surface area contributed by atoms with Crippen molar-refractivity contribution >= 4 is 6.29 Å². The maximum absolute atomic E-state index is 12.3. The molecule has 2 rings (SSSR count). The summed E-state index contributed by atoms with van der Waals surface area (Å²) in [6, 6.07) is 2.63. The second-order valence-electron chi connectivity index (χ2n) is 4.27. The Bertz CT molecular complexity index is 458. The van der Waals surface area contributed by atoms with Crippen molar-refractivity contribution in [2.24, 2.45) is 5.92 Å². The molecule has 1 fully saturated rings. The minimum atomic E-state index is -2.96. The molecule has 19 heavy (non-hydrogen) atoms. The zero-order valence-corrected chi connectivity index (χ0v) is 10.4. The van der Waals surface area contributed by atoms with Crippen LogP contribution in [-0.2, 0) is 0 Å². The van der Waals surface area contributed by atoms with E-state index in [1.54, 1.807) is 0 Å². The summed E-state index contributed by atoms with van der Waals surface area (Å²) in [5.74, 6) is 0.482. The second-order valence-corrected chi connectivity index (χ2v) is 4.27. The fourth-order valence-corrected chi connectivity index (χ4v) is 1.67. The molecular formula is C13H14F2O4. The number of methoxy groups -OCH3 is 1. The highest BCUT2D eigenvalue weighted by molar-refractivity contribution is 5.82. The molecule has 0 amide bonds. The quantitative estimate of drug-likeness (QED) is 0.716. The van der Waals surface area contributed by atoms with Crippen LogP contribution in [0.15, 0.2) is 12.1 Å². The predicted molar refractivity (Wildman–Crippen MR) is 63.2 cm³/mol. The van der Waals surface area contributed by atoms with Crippen molar-refractivity contribution < 1.29 is 27.8 Å². The van der Waals surface area contributed by atoms with E-state index in [2.05, 4.69) is 4.74 Å². The number of carbonyl (C=O) groups excluding carboxylic acids is 1. The van der Waals surface area contributed by atoms with Crippen LogP contribution in [0.4, 0.5) is 8.78 Å². The third-order valence-electron chi connectivity index (χ3n) is 2.81. The average molecular weight is 272 g/mol. The van der Waals surface area contributed by atoms with Gasteiger partial charge in [-0.3, -0.25) is 4.79 Å². The Labute approximate surface area is 109 Å². The fraction of sp³-hybridized carbons (Fsp3) is 0.462. The van der Waals surface area contributed by atoms with Gasteiger partial charge in [0.15, 0.2) is 17.8 Å². The zero-order valence-electron chi connectivity index (χ0n) is 10.4. The lowest BCUT2D eigenvalue weighted by molar-refractivity contribution is -0.0516. The molecule has 1 aliphatic rings. The number of ether oxygens (including phenoxy) is 3. The summed E-state index contributed by atoms with van der Waals surface area (Å²) < 4.78 is 39.6. The molecule has 0 aliphatic heterocycles. The molecule has 1 aromatic carbocycles. The maximum Gasteiger partial charge on any atom is 0.387 e. The fourth-order valence-electron chi connectivity index (χ4n) is 1.67. The van der Waals surface area contributed by atoms with E-state index in [4.69, 9.17) is 9.47 Å². The zero-order chi connectivity index (χ0) is 13.8. The van der Waals surface area contributed by atoms with Crippen LogP contribution in [0.3, 0.4) is 0 Å². The Morgan fingerprint density at radius 3 is 2.63 bits per heavy atom. The highest BCUT2D eigenvalue weighted by Gasteiger charge is 2.25. The van der Waals surface area contributed by atoms with E-state index in [9.17, 15) is 13.6 Å². The molecule has 0 unspecified atom stereocenters. The van der Waals surface area contributed by atoms with Gasteiger partial charge >= 0.3 is 6.61 Å². The molecule has 0 atom stereocenters. The molecule has 0 saturated heterocycles. The smallest absolute Gasteiger partial charge is 0.387 e. The Morgan fingerprint density at radius 2 is 2.11 bits per heavy atom. The summed E-state index contributed by atoms with van der Waals surface area (Å²) in [4.78, 5) is 10.9. The van der Waals surface area contributed by atoms with Crippen LogP contribution >= 0.6 is 0 Å². The normalized spacial score (nSPS) is 14.3. The summed E-state index contributed by atoms with van der Waals surface area (Å²) >= 11 is 0. The molecule has 0 bridgehead atoms. The van der Waals surface area contributed by atoms with Gasteiger partial charge in [-0.15, -0.1) is 0 Å². The van der Waals surface area contributed by atoms with Crippen molar-refractivity contribution in [2.45, 2.75) is 19.5 Å².